The maximum atomic E-state index is 13.6. The molecule has 2 N–H and O–H groups in total. The first-order valence-electron chi connectivity index (χ1n) is 9.03. The molecule has 2 saturated heterocycles. The molecule has 1 aromatic rings. The van der Waals surface area contributed by atoms with Crippen molar-refractivity contribution in [2.24, 2.45) is 11.0 Å². The molecule has 2 amide bonds. The van der Waals surface area contributed by atoms with E-state index in [9.17, 15) is 18.4 Å². The Bertz CT molecular complexity index is 815. The average molecular weight is 377 g/mol. The molecule has 7 nitrogen and oxygen atoms in total. The van der Waals surface area contributed by atoms with Crippen LogP contribution in [-0.2, 0) is 9.59 Å². The summed E-state index contributed by atoms with van der Waals surface area (Å²) in [6.07, 6.45) is 1.36. The molecule has 3 atom stereocenters. The van der Waals surface area contributed by atoms with Gasteiger partial charge in [-0.25, -0.2) is 19.2 Å². The molecule has 3 aliphatic rings. The maximum absolute atomic E-state index is 13.6. The Morgan fingerprint density at radius 3 is 2.78 bits per heavy atom. The van der Waals surface area contributed by atoms with Gasteiger partial charge in [-0.3, -0.25) is 15.0 Å². The molecule has 0 spiro atoms. The molecule has 144 valence electrons. The van der Waals surface area contributed by atoms with Crippen molar-refractivity contribution in [2.45, 2.75) is 31.3 Å². The maximum Gasteiger partial charge on any atom is 0.270 e. The van der Waals surface area contributed by atoms with E-state index >= 15 is 0 Å². The van der Waals surface area contributed by atoms with Gasteiger partial charge in [0.1, 0.15) is 5.71 Å². The standard InChI is InChI=1S/C18H21F2N5O2/c1-24-16(26)5-4-15(23-24)18(27)25-7-6-14-11(9-25)17(22-21-14)10-2-3-12(19)13(20)8-10/h2-3,8,11,14,17,21-22H,4-7,9H2,1H3. The third kappa shape index (κ3) is 3.32. The summed E-state index contributed by atoms with van der Waals surface area (Å²) in [7, 11) is 1.55. The molecule has 27 heavy (non-hydrogen) atoms. The lowest BCUT2D eigenvalue weighted by Gasteiger charge is -2.36. The summed E-state index contributed by atoms with van der Waals surface area (Å²) in [5, 5.41) is 5.32. The van der Waals surface area contributed by atoms with Gasteiger partial charge < -0.3 is 4.90 Å². The summed E-state index contributed by atoms with van der Waals surface area (Å²) in [6.45, 7) is 1.06. The molecule has 0 aromatic heterocycles. The first-order valence-corrected chi connectivity index (χ1v) is 9.03. The number of fused-ring (bicyclic) bond motifs is 1. The van der Waals surface area contributed by atoms with Gasteiger partial charge in [-0.1, -0.05) is 6.07 Å². The fourth-order valence-electron chi connectivity index (χ4n) is 4.03. The summed E-state index contributed by atoms with van der Waals surface area (Å²) in [4.78, 5) is 26.1. The van der Waals surface area contributed by atoms with Crippen molar-refractivity contribution < 1.29 is 18.4 Å². The summed E-state index contributed by atoms with van der Waals surface area (Å²) in [5.41, 5.74) is 7.39. The first-order chi connectivity index (χ1) is 12.9. The molecule has 0 saturated carbocycles. The van der Waals surface area contributed by atoms with Gasteiger partial charge in [-0.05, 0) is 24.1 Å². The lowest BCUT2D eigenvalue weighted by atomic mass is 9.85. The number of hydrogen-bond acceptors (Lipinski definition) is 5. The minimum absolute atomic E-state index is 0.0242. The number of amides is 2. The number of nitrogens with one attached hydrogen (secondary N) is 2. The highest BCUT2D eigenvalue weighted by molar-refractivity contribution is 6.39. The highest BCUT2D eigenvalue weighted by atomic mass is 19.2. The zero-order valence-electron chi connectivity index (χ0n) is 14.9. The van der Waals surface area contributed by atoms with Crippen LogP contribution in [0.1, 0.15) is 30.9 Å². The van der Waals surface area contributed by atoms with Crippen molar-refractivity contribution in [3.63, 3.8) is 0 Å². The molecule has 3 heterocycles. The molecule has 3 unspecified atom stereocenters. The van der Waals surface area contributed by atoms with Crippen LogP contribution in [0, 0.1) is 17.6 Å². The molecule has 4 rings (SSSR count). The normalized spacial score (nSPS) is 28.2. The second-order valence-corrected chi connectivity index (χ2v) is 7.21. The highest BCUT2D eigenvalue weighted by Crippen LogP contribution is 2.34. The number of carbonyl (C=O) groups is 2. The predicted octanol–water partition coefficient (Wildman–Crippen LogP) is 0.939. The average Bonchev–Trinajstić information content (AvgIpc) is 3.09. The minimum Gasteiger partial charge on any atom is -0.337 e. The number of benzene rings is 1. The van der Waals surface area contributed by atoms with Gasteiger partial charge in [0.25, 0.3) is 5.91 Å². The van der Waals surface area contributed by atoms with Crippen LogP contribution in [0.4, 0.5) is 8.78 Å². The number of hydrazone groups is 1. The van der Waals surface area contributed by atoms with E-state index in [1.165, 1.54) is 11.1 Å². The third-order valence-corrected chi connectivity index (χ3v) is 5.55. The highest BCUT2D eigenvalue weighted by Gasteiger charge is 2.42. The molecule has 0 bridgehead atoms. The predicted molar refractivity (Wildman–Crippen MR) is 93.3 cm³/mol. The van der Waals surface area contributed by atoms with Crippen LogP contribution in [0.3, 0.4) is 0 Å². The number of likely N-dealkylation sites (tertiary alicyclic amines) is 1. The second-order valence-electron chi connectivity index (χ2n) is 7.21. The van der Waals surface area contributed by atoms with E-state index in [1.54, 1.807) is 18.0 Å². The fraction of sp³-hybridized carbons (Fsp3) is 0.500. The Labute approximate surface area is 155 Å². The van der Waals surface area contributed by atoms with E-state index in [4.69, 9.17) is 0 Å². The van der Waals surface area contributed by atoms with Crippen molar-refractivity contribution in [3.05, 3.63) is 35.4 Å². The molecule has 3 aliphatic heterocycles. The largest absolute Gasteiger partial charge is 0.337 e. The molecular weight excluding hydrogens is 356 g/mol. The van der Waals surface area contributed by atoms with Crippen LogP contribution in [0.5, 0.6) is 0 Å². The van der Waals surface area contributed by atoms with E-state index in [0.717, 1.165) is 12.5 Å². The van der Waals surface area contributed by atoms with Gasteiger partial charge in [-0.15, -0.1) is 0 Å². The third-order valence-electron chi connectivity index (χ3n) is 5.55. The summed E-state index contributed by atoms with van der Waals surface area (Å²) < 4.78 is 26.9. The van der Waals surface area contributed by atoms with Gasteiger partial charge in [0.15, 0.2) is 11.6 Å². The number of hydrazine groups is 1. The quantitative estimate of drug-likeness (QED) is 0.804. The number of halogens is 2. The topological polar surface area (TPSA) is 77.0 Å². The summed E-state index contributed by atoms with van der Waals surface area (Å²) >= 11 is 0. The van der Waals surface area contributed by atoms with Gasteiger partial charge in [-0.2, -0.15) is 5.10 Å². The SMILES string of the molecule is CN1N=C(C(=O)N2CCC3NNC(c4ccc(F)c(F)c4)C3C2)CCC1=O. The molecule has 1 aromatic carbocycles. The van der Waals surface area contributed by atoms with Crippen molar-refractivity contribution in [1.29, 1.82) is 0 Å². The van der Waals surface area contributed by atoms with Crippen LogP contribution in [0.25, 0.3) is 0 Å². The van der Waals surface area contributed by atoms with Crippen LogP contribution < -0.4 is 10.9 Å². The molecule has 0 radical (unpaired) electrons. The van der Waals surface area contributed by atoms with Crippen LogP contribution >= 0.6 is 0 Å². The zero-order chi connectivity index (χ0) is 19.1. The van der Waals surface area contributed by atoms with Crippen molar-refractivity contribution in [3.8, 4) is 0 Å². The summed E-state index contributed by atoms with van der Waals surface area (Å²) in [6, 6.07) is 3.80. The van der Waals surface area contributed by atoms with Gasteiger partial charge in [0.05, 0.1) is 6.04 Å². The van der Waals surface area contributed by atoms with Gasteiger partial charge in [0, 0.05) is 44.9 Å². The van der Waals surface area contributed by atoms with Crippen LogP contribution in [-0.4, -0.2) is 53.6 Å². The Morgan fingerprint density at radius 1 is 1.22 bits per heavy atom. The summed E-state index contributed by atoms with van der Waals surface area (Å²) in [5.74, 6) is -2.01. The van der Waals surface area contributed by atoms with E-state index in [0.29, 0.717) is 30.8 Å². The van der Waals surface area contributed by atoms with Crippen molar-refractivity contribution in [2.75, 3.05) is 20.1 Å². The van der Waals surface area contributed by atoms with E-state index in [2.05, 4.69) is 16.0 Å². The van der Waals surface area contributed by atoms with Crippen molar-refractivity contribution >= 4 is 17.5 Å². The van der Waals surface area contributed by atoms with E-state index in [1.807, 2.05) is 0 Å². The Hall–Kier alpha value is -2.39. The number of carbonyl (C=O) groups excluding carboxylic acids is 2. The monoisotopic (exact) mass is 377 g/mol. The number of rotatable bonds is 2. The van der Waals surface area contributed by atoms with E-state index < -0.39 is 11.6 Å². The second kappa shape index (κ2) is 6.97. The Kier molecular flexibility index (Phi) is 4.65. The lowest BCUT2D eigenvalue weighted by Crippen LogP contribution is -2.50. The molecule has 0 aliphatic carbocycles. The van der Waals surface area contributed by atoms with Gasteiger partial charge in [0.2, 0.25) is 5.91 Å². The van der Waals surface area contributed by atoms with Crippen molar-refractivity contribution in [1.82, 2.24) is 20.8 Å². The Balaban J connectivity index is 1.51. The van der Waals surface area contributed by atoms with Crippen LogP contribution in [0.2, 0.25) is 0 Å². The Morgan fingerprint density at radius 2 is 2.04 bits per heavy atom. The van der Waals surface area contributed by atoms with Gasteiger partial charge >= 0.3 is 0 Å². The fourth-order valence-corrected chi connectivity index (χ4v) is 4.03. The minimum atomic E-state index is -0.884. The van der Waals surface area contributed by atoms with E-state index in [-0.39, 0.29) is 36.2 Å². The van der Waals surface area contributed by atoms with Crippen LogP contribution in [0.15, 0.2) is 23.3 Å². The number of piperidine rings is 1. The smallest absolute Gasteiger partial charge is 0.270 e. The number of nitrogens with zero attached hydrogens (tertiary/aromatic N) is 3. The zero-order valence-corrected chi connectivity index (χ0v) is 14.9. The lowest BCUT2D eigenvalue weighted by molar-refractivity contribution is -0.131. The molecule has 2 fully saturated rings. The molecular formula is C18H21F2N5O2. The number of hydrogen-bond donors (Lipinski definition) is 2. The molecule has 9 heteroatoms. The first kappa shape index (κ1) is 18.0.